The zero-order chi connectivity index (χ0) is 29.6. The van der Waals surface area contributed by atoms with E-state index in [2.05, 4.69) is 126 Å². The van der Waals surface area contributed by atoms with E-state index in [0.717, 1.165) is 24.6 Å². The Balaban J connectivity index is 2.16. The van der Waals surface area contributed by atoms with Gasteiger partial charge in [-0.2, -0.15) is 0 Å². The molecule has 1 fully saturated rings. The number of hydrogen-bond acceptors (Lipinski definition) is 3. The molecule has 0 spiro atoms. The van der Waals surface area contributed by atoms with Crippen molar-refractivity contribution in [2.75, 3.05) is 13.1 Å². The van der Waals surface area contributed by atoms with E-state index in [4.69, 9.17) is 9.05 Å². The number of nitrogens with zero attached hydrogens (tertiary/aromatic N) is 1. The Labute approximate surface area is 242 Å². The summed E-state index contributed by atoms with van der Waals surface area (Å²) in [4.78, 5) is 0. The van der Waals surface area contributed by atoms with Crippen molar-refractivity contribution in [3.8, 4) is 11.5 Å². The Bertz CT molecular complexity index is 1070. The lowest BCUT2D eigenvalue weighted by atomic mass is 9.79. The zero-order valence-corrected chi connectivity index (χ0v) is 28.5. The van der Waals surface area contributed by atoms with Gasteiger partial charge in [0.15, 0.2) is 0 Å². The number of hydrogen-bond donors (Lipinski definition) is 0. The topological polar surface area (TPSA) is 21.7 Å². The van der Waals surface area contributed by atoms with Gasteiger partial charge in [-0.05, 0) is 70.6 Å². The molecule has 1 aliphatic heterocycles. The molecule has 0 aliphatic carbocycles. The minimum absolute atomic E-state index is 0.0505. The lowest BCUT2D eigenvalue weighted by molar-refractivity contribution is 0.303. The van der Waals surface area contributed by atoms with Crippen molar-refractivity contribution in [2.45, 2.75) is 138 Å². The molecule has 1 heterocycles. The van der Waals surface area contributed by atoms with E-state index in [0.29, 0.717) is 0 Å². The first-order valence-electron chi connectivity index (χ1n) is 14.9. The van der Waals surface area contributed by atoms with Crippen molar-refractivity contribution in [2.24, 2.45) is 0 Å². The maximum atomic E-state index is 7.10. The molecular formula is C35H56NO2P. The molecule has 0 bridgehead atoms. The normalized spacial score (nSPS) is 16.1. The summed E-state index contributed by atoms with van der Waals surface area (Å²) < 4.78 is 16.7. The fraction of sp³-hybridized carbons (Fsp3) is 0.657. The predicted molar refractivity (Wildman–Crippen MR) is 171 cm³/mol. The Morgan fingerprint density at radius 3 is 1.21 bits per heavy atom. The van der Waals surface area contributed by atoms with Crippen molar-refractivity contribution in [3.63, 3.8) is 0 Å². The largest absolute Gasteiger partial charge is 0.426 e. The van der Waals surface area contributed by atoms with Gasteiger partial charge in [-0.25, -0.2) is 4.67 Å². The summed E-state index contributed by atoms with van der Waals surface area (Å²) in [5.74, 6) is 1.99. The van der Waals surface area contributed by atoms with E-state index < -0.39 is 8.53 Å². The molecule has 0 atom stereocenters. The minimum Gasteiger partial charge on any atom is -0.426 e. The summed E-state index contributed by atoms with van der Waals surface area (Å²) in [7, 11) is -1.33. The highest BCUT2D eigenvalue weighted by atomic mass is 31.2. The minimum atomic E-state index is -1.33. The lowest BCUT2D eigenvalue weighted by Gasteiger charge is -2.36. The zero-order valence-electron chi connectivity index (χ0n) is 27.6. The van der Waals surface area contributed by atoms with E-state index in [1.54, 1.807) is 0 Å². The fourth-order valence-corrected chi connectivity index (χ4v) is 6.78. The van der Waals surface area contributed by atoms with Gasteiger partial charge in [0.2, 0.25) is 0 Å². The highest BCUT2D eigenvalue weighted by Crippen LogP contribution is 2.52. The molecule has 4 heteroatoms. The third-order valence-corrected chi connectivity index (χ3v) is 9.34. The first kappa shape index (κ1) is 32.0. The smallest absolute Gasteiger partial charge is 0.384 e. The van der Waals surface area contributed by atoms with Crippen LogP contribution >= 0.6 is 8.53 Å². The summed E-state index contributed by atoms with van der Waals surface area (Å²) in [6.45, 7) is 33.9. The lowest BCUT2D eigenvalue weighted by Crippen LogP contribution is -2.29. The average Bonchev–Trinajstić information content (AvgIpc) is 2.78. The maximum absolute atomic E-state index is 7.10. The van der Waals surface area contributed by atoms with Crippen LogP contribution in [0.1, 0.15) is 136 Å². The van der Waals surface area contributed by atoms with E-state index in [1.807, 2.05) is 0 Å². The Morgan fingerprint density at radius 2 is 0.897 bits per heavy atom. The second-order valence-corrected chi connectivity index (χ2v) is 17.2. The summed E-state index contributed by atoms with van der Waals surface area (Å²) in [6, 6.07) is 9.38. The summed E-state index contributed by atoms with van der Waals surface area (Å²) in [5, 5.41) is 0. The second kappa shape index (κ2) is 11.4. The van der Waals surface area contributed by atoms with Gasteiger partial charge in [0.1, 0.15) is 11.5 Å². The van der Waals surface area contributed by atoms with Crippen molar-refractivity contribution in [3.05, 3.63) is 57.6 Å². The van der Waals surface area contributed by atoms with Crippen LogP contribution in [-0.4, -0.2) is 17.8 Å². The third-order valence-electron chi connectivity index (χ3n) is 7.80. The van der Waals surface area contributed by atoms with Crippen molar-refractivity contribution < 1.29 is 9.05 Å². The monoisotopic (exact) mass is 553 g/mol. The molecule has 3 nitrogen and oxygen atoms in total. The highest BCUT2D eigenvalue weighted by molar-refractivity contribution is 7.45. The molecule has 0 unspecified atom stereocenters. The second-order valence-electron chi connectivity index (χ2n) is 15.8. The molecule has 0 amide bonds. The molecule has 218 valence electrons. The quantitative estimate of drug-likeness (QED) is 0.344. The van der Waals surface area contributed by atoms with Crippen molar-refractivity contribution in [1.82, 2.24) is 4.67 Å². The Hall–Kier alpha value is -1.57. The van der Waals surface area contributed by atoms with Crippen LogP contribution < -0.4 is 9.05 Å². The number of benzene rings is 2. The molecular weight excluding hydrogens is 497 g/mol. The molecule has 3 rings (SSSR count). The molecule has 1 aliphatic rings. The van der Waals surface area contributed by atoms with Crippen molar-refractivity contribution in [1.29, 1.82) is 0 Å². The average molecular weight is 554 g/mol. The number of piperidine rings is 1. The van der Waals surface area contributed by atoms with Crippen LogP contribution in [0.3, 0.4) is 0 Å². The van der Waals surface area contributed by atoms with Gasteiger partial charge in [-0.1, -0.05) is 114 Å². The van der Waals surface area contributed by atoms with Crippen LogP contribution in [0.15, 0.2) is 24.3 Å². The van der Waals surface area contributed by atoms with E-state index >= 15 is 0 Å². The number of rotatable bonds is 5. The predicted octanol–water partition coefficient (Wildman–Crippen LogP) is 10.7. The van der Waals surface area contributed by atoms with E-state index in [1.165, 1.54) is 52.6 Å². The first-order chi connectivity index (χ1) is 17.7. The molecule has 39 heavy (non-hydrogen) atoms. The fourth-order valence-electron chi connectivity index (χ4n) is 5.10. The van der Waals surface area contributed by atoms with Gasteiger partial charge in [0.05, 0.1) is 0 Å². The summed E-state index contributed by atoms with van der Waals surface area (Å²) in [6.07, 6.45) is 3.65. The molecule has 0 aromatic heterocycles. The molecule has 0 saturated carbocycles. The van der Waals surface area contributed by atoms with Crippen LogP contribution in [0.2, 0.25) is 0 Å². The van der Waals surface area contributed by atoms with E-state index in [-0.39, 0.29) is 21.7 Å². The van der Waals surface area contributed by atoms with Crippen LogP contribution in [0.4, 0.5) is 0 Å². The van der Waals surface area contributed by atoms with Crippen molar-refractivity contribution >= 4 is 8.53 Å². The van der Waals surface area contributed by atoms with E-state index in [9.17, 15) is 0 Å². The molecule has 0 radical (unpaired) electrons. The van der Waals surface area contributed by atoms with Gasteiger partial charge in [-0.3, -0.25) is 0 Å². The Morgan fingerprint density at radius 1 is 0.538 bits per heavy atom. The molecule has 0 N–H and O–H groups in total. The molecule has 1 saturated heterocycles. The standard InChI is InChI=1S/C35H56NO2P/c1-24-20-26(32(3,4)5)22-28(34(9,10)11)30(24)37-39(36-18-16-15-17-19-36)38-31-25(2)21-27(33(6,7)8)23-29(31)35(12,13)14/h20-23H,15-19H2,1-14H3. The van der Waals surface area contributed by atoms with Crippen LogP contribution in [-0.2, 0) is 21.7 Å². The van der Waals surface area contributed by atoms with Gasteiger partial charge in [0, 0.05) is 24.2 Å². The highest BCUT2D eigenvalue weighted by Gasteiger charge is 2.34. The van der Waals surface area contributed by atoms with Crippen LogP contribution in [0, 0.1) is 13.8 Å². The van der Waals surface area contributed by atoms with Gasteiger partial charge >= 0.3 is 8.53 Å². The Kier molecular flexibility index (Phi) is 9.31. The maximum Gasteiger partial charge on any atom is 0.384 e. The first-order valence-corrected chi connectivity index (χ1v) is 16.0. The third kappa shape index (κ3) is 7.80. The number of aryl methyl sites for hydroxylation is 2. The van der Waals surface area contributed by atoms with Gasteiger partial charge < -0.3 is 9.05 Å². The summed E-state index contributed by atoms with van der Waals surface area (Å²) >= 11 is 0. The SMILES string of the molecule is Cc1cc(C(C)(C)C)cc(C(C)(C)C)c1OP(Oc1c(C)cc(C(C)(C)C)cc1C(C)(C)C)N1CCCCC1. The molecule has 2 aromatic carbocycles. The molecule has 2 aromatic rings. The van der Waals surface area contributed by atoms with Gasteiger partial charge in [-0.15, -0.1) is 0 Å². The van der Waals surface area contributed by atoms with Crippen LogP contribution in [0.5, 0.6) is 11.5 Å². The van der Waals surface area contributed by atoms with Crippen LogP contribution in [0.25, 0.3) is 0 Å². The summed E-state index contributed by atoms with van der Waals surface area (Å²) in [5.41, 5.74) is 7.65. The van der Waals surface area contributed by atoms with Gasteiger partial charge in [0.25, 0.3) is 0 Å².